The van der Waals surface area contributed by atoms with Crippen molar-refractivity contribution < 1.29 is 9.90 Å². The standard InChI is InChI=1S/C18H22N4O2.H2S/c1-13-8-16(9-20-21-13)18(24)19-10-17(23)12-22-7-6-14-4-2-3-5-15(14)11-22;/h2-5,8-9,17,23H,6-7,10-12H2,1H3,(H,19,24);1H2/t17-;/m0./s1. The molecule has 2 heterocycles. The van der Waals surface area contributed by atoms with Crippen LogP contribution in [0.2, 0.25) is 0 Å². The predicted octanol–water partition coefficient (Wildman–Crippen LogP) is 1.05. The molecule has 1 aliphatic rings. The van der Waals surface area contributed by atoms with Crippen LogP contribution < -0.4 is 5.32 Å². The summed E-state index contributed by atoms with van der Waals surface area (Å²) in [7, 11) is 0. The number of aryl methyl sites for hydroxylation is 1. The smallest absolute Gasteiger partial charge is 0.253 e. The van der Waals surface area contributed by atoms with Crippen molar-refractivity contribution in [3.05, 3.63) is 58.9 Å². The molecular weight excluding hydrogens is 336 g/mol. The fraction of sp³-hybridized carbons (Fsp3) is 0.389. The largest absolute Gasteiger partial charge is 0.390 e. The van der Waals surface area contributed by atoms with E-state index in [1.807, 2.05) is 6.07 Å². The summed E-state index contributed by atoms with van der Waals surface area (Å²) in [6.07, 6.45) is 1.82. The number of β-amino-alcohol motifs (C(OH)–C–C–N with tert-alkyl or cyclic N) is 1. The van der Waals surface area contributed by atoms with Crippen LogP contribution in [0.4, 0.5) is 0 Å². The van der Waals surface area contributed by atoms with Crippen LogP contribution in [0.15, 0.2) is 36.5 Å². The first-order chi connectivity index (χ1) is 11.6. The fourth-order valence-electron chi connectivity index (χ4n) is 2.98. The Morgan fingerprint density at radius 2 is 2.12 bits per heavy atom. The lowest BCUT2D eigenvalue weighted by Gasteiger charge is -2.30. The Kier molecular flexibility index (Phi) is 6.92. The number of nitrogens with zero attached hydrogens (tertiary/aromatic N) is 3. The van der Waals surface area contributed by atoms with E-state index in [9.17, 15) is 9.90 Å². The van der Waals surface area contributed by atoms with E-state index in [0.717, 1.165) is 19.5 Å². The van der Waals surface area contributed by atoms with Crippen LogP contribution in [-0.2, 0) is 13.0 Å². The van der Waals surface area contributed by atoms with Gasteiger partial charge < -0.3 is 10.4 Å². The van der Waals surface area contributed by atoms with Crippen LogP contribution in [0.5, 0.6) is 0 Å². The van der Waals surface area contributed by atoms with Crippen LogP contribution >= 0.6 is 13.5 Å². The maximum Gasteiger partial charge on any atom is 0.253 e. The molecule has 0 saturated carbocycles. The molecule has 6 nitrogen and oxygen atoms in total. The van der Waals surface area contributed by atoms with Gasteiger partial charge in [0.25, 0.3) is 5.91 Å². The maximum atomic E-state index is 12.1. The minimum Gasteiger partial charge on any atom is -0.390 e. The van der Waals surface area contributed by atoms with Gasteiger partial charge in [-0.3, -0.25) is 9.69 Å². The first kappa shape index (κ1) is 19.4. The first-order valence-corrected chi connectivity index (χ1v) is 8.16. The topological polar surface area (TPSA) is 78.4 Å². The van der Waals surface area contributed by atoms with Crippen molar-refractivity contribution in [2.75, 3.05) is 19.6 Å². The van der Waals surface area contributed by atoms with Crippen molar-refractivity contribution in [2.24, 2.45) is 0 Å². The van der Waals surface area contributed by atoms with E-state index in [0.29, 0.717) is 17.8 Å². The molecule has 0 radical (unpaired) electrons. The molecule has 0 aliphatic carbocycles. The SMILES string of the molecule is Cc1cc(C(=O)NC[C@H](O)CN2CCc3ccccc3C2)cnn1.S. The Morgan fingerprint density at radius 3 is 2.88 bits per heavy atom. The predicted molar refractivity (Wildman–Crippen MR) is 101 cm³/mol. The number of hydrogen-bond acceptors (Lipinski definition) is 5. The summed E-state index contributed by atoms with van der Waals surface area (Å²) in [6.45, 7) is 4.32. The molecule has 0 unspecified atom stereocenters. The first-order valence-electron chi connectivity index (χ1n) is 8.16. The van der Waals surface area contributed by atoms with E-state index in [1.165, 1.54) is 17.3 Å². The van der Waals surface area contributed by atoms with E-state index < -0.39 is 6.10 Å². The van der Waals surface area contributed by atoms with E-state index in [2.05, 4.69) is 38.6 Å². The number of nitrogens with one attached hydrogen (secondary N) is 1. The Balaban J connectivity index is 0.00000225. The minimum absolute atomic E-state index is 0. The number of benzene rings is 1. The Hall–Kier alpha value is -1.96. The number of carbonyl (C=O) groups excluding carboxylic acids is 1. The number of fused-ring (bicyclic) bond motifs is 1. The molecule has 25 heavy (non-hydrogen) atoms. The van der Waals surface area contributed by atoms with Crippen molar-refractivity contribution in [3.63, 3.8) is 0 Å². The monoisotopic (exact) mass is 360 g/mol. The molecule has 0 saturated heterocycles. The third kappa shape index (κ3) is 5.26. The molecular formula is C18H24N4O2S. The van der Waals surface area contributed by atoms with Gasteiger partial charge in [0.2, 0.25) is 0 Å². The van der Waals surface area contributed by atoms with Crippen molar-refractivity contribution in [1.82, 2.24) is 20.4 Å². The van der Waals surface area contributed by atoms with E-state index >= 15 is 0 Å². The Morgan fingerprint density at radius 1 is 1.36 bits per heavy atom. The third-order valence-corrected chi connectivity index (χ3v) is 4.22. The van der Waals surface area contributed by atoms with Crippen LogP contribution in [-0.4, -0.2) is 51.8 Å². The molecule has 2 aromatic rings. The highest BCUT2D eigenvalue weighted by Crippen LogP contribution is 2.18. The van der Waals surface area contributed by atoms with Gasteiger partial charge >= 0.3 is 0 Å². The van der Waals surface area contributed by atoms with Crippen molar-refractivity contribution in [1.29, 1.82) is 0 Å². The summed E-state index contributed by atoms with van der Waals surface area (Å²) in [5.41, 5.74) is 3.85. The summed E-state index contributed by atoms with van der Waals surface area (Å²) in [5, 5.41) is 20.6. The molecule has 1 aliphatic heterocycles. The van der Waals surface area contributed by atoms with E-state index in [-0.39, 0.29) is 25.9 Å². The molecule has 0 spiro atoms. The fourth-order valence-corrected chi connectivity index (χ4v) is 2.98. The van der Waals surface area contributed by atoms with Crippen molar-refractivity contribution in [2.45, 2.75) is 26.0 Å². The number of aliphatic hydroxyl groups is 1. The van der Waals surface area contributed by atoms with Gasteiger partial charge in [-0.15, -0.1) is 0 Å². The summed E-state index contributed by atoms with van der Waals surface area (Å²) >= 11 is 0. The van der Waals surface area contributed by atoms with Gasteiger partial charge in [0, 0.05) is 26.2 Å². The summed E-state index contributed by atoms with van der Waals surface area (Å²) in [5.74, 6) is -0.240. The lowest BCUT2D eigenvalue weighted by Crippen LogP contribution is -2.42. The number of amides is 1. The second-order valence-electron chi connectivity index (χ2n) is 6.20. The number of aliphatic hydroxyl groups excluding tert-OH is 1. The van der Waals surface area contributed by atoms with Crippen molar-refractivity contribution in [3.8, 4) is 0 Å². The zero-order valence-electron chi connectivity index (χ0n) is 14.3. The number of rotatable bonds is 5. The lowest BCUT2D eigenvalue weighted by atomic mass is 10.00. The Labute approximate surface area is 154 Å². The average molecular weight is 360 g/mol. The summed E-state index contributed by atoms with van der Waals surface area (Å²) < 4.78 is 0. The highest BCUT2D eigenvalue weighted by atomic mass is 32.1. The van der Waals surface area contributed by atoms with E-state index in [4.69, 9.17) is 0 Å². The normalized spacial score (nSPS) is 15.0. The number of carbonyl (C=O) groups is 1. The molecule has 0 fully saturated rings. The molecule has 7 heteroatoms. The van der Waals surface area contributed by atoms with Gasteiger partial charge in [-0.2, -0.15) is 23.7 Å². The Bertz CT molecular complexity index is 726. The maximum absolute atomic E-state index is 12.1. The van der Waals surface area contributed by atoms with Crippen LogP contribution in [0, 0.1) is 6.92 Å². The zero-order chi connectivity index (χ0) is 16.9. The number of hydrogen-bond donors (Lipinski definition) is 2. The van der Waals surface area contributed by atoms with Gasteiger partial charge in [-0.05, 0) is 30.5 Å². The molecule has 1 aromatic heterocycles. The third-order valence-electron chi connectivity index (χ3n) is 4.22. The van der Waals surface area contributed by atoms with Gasteiger partial charge in [-0.25, -0.2) is 0 Å². The molecule has 1 atom stereocenters. The van der Waals surface area contributed by atoms with Gasteiger partial charge in [0.15, 0.2) is 0 Å². The van der Waals surface area contributed by atoms with Crippen LogP contribution in [0.3, 0.4) is 0 Å². The van der Waals surface area contributed by atoms with Crippen molar-refractivity contribution >= 4 is 19.4 Å². The summed E-state index contributed by atoms with van der Waals surface area (Å²) in [4.78, 5) is 14.3. The zero-order valence-corrected chi connectivity index (χ0v) is 15.3. The highest BCUT2D eigenvalue weighted by molar-refractivity contribution is 7.59. The average Bonchev–Trinajstić information content (AvgIpc) is 2.59. The molecule has 1 aromatic carbocycles. The van der Waals surface area contributed by atoms with Crippen LogP contribution in [0.25, 0.3) is 0 Å². The van der Waals surface area contributed by atoms with Gasteiger partial charge in [0.05, 0.1) is 23.6 Å². The molecule has 1 amide bonds. The second kappa shape index (κ2) is 8.94. The second-order valence-corrected chi connectivity index (χ2v) is 6.20. The lowest BCUT2D eigenvalue weighted by molar-refractivity contribution is 0.0841. The number of aromatic nitrogens is 2. The molecule has 134 valence electrons. The summed E-state index contributed by atoms with van der Waals surface area (Å²) in [6, 6.07) is 10.1. The van der Waals surface area contributed by atoms with Crippen LogP contribution in [0.1, 0.15) is 27.2 Å². The van der Waals surface area contributed by atoms with E-state index in [1.54, 1.807) is 13.0 Å². The quantitative estimate of drug-likeness (QED) is 0.833. The molecule has 3 rings (SSSR count). The van der Waals surface area contributed by atoms with Gasteiger partial charge in [0.1, 0.15) is 0 Å². The minimum atomic E-state index is -0.602. The highest BCUT2D eigenvalue weighted by Gasteiger charge is 2.19. The molecule has 0 bridgehead atoms. The van der Waals surface area contributed by atoms with Gasteiger partial charge in [-0.1, -0.05) is 24.3 Å². The molecule has 2 N–H and O–H groups in total.